The van der Waals surface area contributed by atoms with Crippen LogP contribution in [0.15, 0.2) is 36.7 Å². The average molecular weight is 208 g/mol. The molecular weight excluding hydrogens is 202 g/mol. The van der Waals surface area contributed by atoms with Gasteiger partial charge in [0.05, 0.1) is 0 Å². The molecule has 0 bridgehead atoms. The lowest BCUT2D eigenvalue weighted by Gasteiger charge is -2.01. The van der Waals surface area contributed by atoms with Crippen LogP contribution < -0.4 is 4.73 Å². The van der Waals surface area contributed by atoms with Crippen molar-refractivity contribution in [1.82, 2.24) is 4.98 Å². The monoisotopic (exact) mass is 208 g/mol. The molecule has 0 atom stereocenters. The summed E-state index contributed by atoms with van der Waals surface area (Å²) in [5.74, 6) is -1.77. The smallest absolute Gasteiger partial charge is 0.216 e. The lowest BCUT2D eigenvalue weighted by Crippen LogP contribution is -2.23. The fourth-order valence-corrected chi connectivity index (χ4v) is 1.24. The van der Waals surface area contributed by atoms with Crippen molar-refractivity contribution in [2.45, 2.75) is 0 Å². The van der Waals surface area contributed by atoms with Crippen molar-refractivity contribution in [3.8, 4) is 11.1 Å². The summed E-state index contributed by atoms with van der Waals surface area (Å²) in [6.45, 7) is 0. The molecule has 5 heteroatoms. The van der Waals surface area contributed by atoms with E-state index in [-0.39, 0.29) is 0 Å². The van der Waals surface area contributed by atoms with E-state index in [0.717, 1.165) is 12.1 Å². The Hall–Kier alpha value is -2.04. The van der Waals surface area contributed by atoms with Gasteiger partial charge in [-0.3, -0.25) is 0 Å². The van der Waals surface area contributed by atoms with Crippen molar-refractivity contribution in [1.29, 1.82) is 0 Å². The highest BCUT2D eigenvalue weighted by Crippen LogP contribution is 2.18. The maximum absolute atomic E-state index is 12.8. The van der Waals surface area contributed by atoms with Gasteiger partial charge in [-0.25, -0.2) is 0 Å². The summed E-state index contributed by atoms with van der Waals surface area (Å²) in [6.07, 6.45) is 2.51. The van der Waals surface area contributed by atoms with Gasteiger partial charge in [0, 0.05) is 24.3 Å². The zero-order chi connectivity index (χ0) is 10.8. The van der Waals surface area contributed by atoms with Crippen LogP contribution in [-0.2, 0) is 0 Å². The number of halogens is 2. The fraction of sp³-hybridized carbons (Fsp3) is 0. The standard InChI is InChI=1S/C10H6F2N2O/c11-9-5-8(6-10(12)13-9)7-1-3-14(15)4-2-7/h1-6H. The minimum Gasteiger partial charge on any atom is -0.619 e. The van der Waals surface area contributed by atoms with Crippen LogP contribution in [0.5, 0.6) is 0 Å². The van der Waals surface area contributed by atoms with Gasteiger partial charge in [0.1, 0.15) is 0 Å². The Morgan fingerprint density at radius 3 is 2.07 bits per heavy atom. The molecular formula is C10H6F2N2O. The zero-order valence-electron chi connectivity index (χ0n) is 7.52. The van der Waals surface area contributed by atoms with Crippen LogP contribution in [-0.4, -0.2) is 4.98 Å². The Morgan fingerprint density at radius 2 is 1.53 bits per heavy atom. The molecule has 0 aromatic carbocycles. The molecule has 0 radical (unpaired) electrons. The highest BCUT2D eigenvalue weighted by Gasteiger charge is 2.04. The van der Waals surface area contributed by atoms with Crippen LogP contribution in [0, 0.1) is 17.1 Å². The van der Waals surface area contributed by atoms with E-state index in [4.69, 9.17) is 0 Å². The normalized spacial score (nSPS) is 10.3. The van der Waals surface area contributed by atoms with E-state index in [1.165, 1.54) is 24.5 Å². The first-order valence-corrected chi connectivity index (χ1v) is 4.17. The van der Waals surface area contributed by atoms with Crippen LogP contribution in [0.2, 0.25) is 0 Å². The van der Waals surface area contributed by atoms with Crippen LogP contribution in [0.25, 0.3) is 11.1 Å². The van der Waals surface area contributed by atoms with Crippen molar-refractivity contribution < 1.29 is 13.5 Å². The van der Waals surface area contributed by atoms with Crippen LogP contribution in [0.4, 0.5) is 8.78 Å². The molecule has 0 fully saturated rings. The highest BCUT2D eigenvalue weighted by molar-refractivity contribution is 5.61. The van der Waals surface area contributed by atoms with Crippen LogP contribution >= 0.6 is 0 Å². The van der Waals surface area contributed by atoms with E-state index in [9.17, 15) is 14.0 Å². The lowest BCUT2D eigenvalue weighted by molar-refractivity contribution is -0.605. The summed E-state index contributed by atoms with van der Waals surface area (Å²) in [5.41, 5.74) is 0.905. The summed E-state index contributed by atoms with van der Waals surface area (Å²) in [4.78, 5) is 2.98. The van der Waals surface area contributed by atoms with E-state index < -0.39 is 11.9 Å². The van der Waals surface area contributed by atoms with Crippen molar-refractivity contribution >= 4 is 0 Å². The third-order valence-electron chi connectivity index (χ3n) is 1.90. The Labute approximate surface area is 84.2 Å². The second kappa shape index (κ2) is 3.61. The number of hydrogen-bond acceptors (Lipinski definition) is 2. The third kappa shape index (κ3) is 2.07. The molecule has 0 spiro atoms. The SMILES string of the molecule is [O-][n+]1ccc(-c2cc(F)nc(F)c2)cc1. The maximum atomic E-state index is 12.8. The summed E-state index contributed by atoms with van der Waals surface area (Å²) in [6, 6.07) is 5.16. The third-order valence-corrected chi connectivity index (χ3v) is 1.90. The molecule has 3 nitrogen and oxygen atoms in total. The van der Waals surface area contributed by atoms with Gasteiger partial charge in [-0.2, -0.15) is 18.5 Å². The van der Waals surface area contributed by atoms with E-state index in [0.29, 0.717) is 15.9 Å². The molecule has 2 aromatic heterocycles. The Morgan fingerprint density at radius 1 is 1.00 bits per heavy atom. The van der Waals surface area contributed by atoms with Gasteiger partial charge < -0.3 is 5.21 Å². The van der Waals surface area contributed by atoms with Crippen molar-refractivity contribution in [2.75, 3.05) is 0 Å². The Kier molecular flexibility index (Phi) is 2.29. The average Bonchev–Trinajstić information content (AvgIpc) is 2.17. The first-order valence-electron chi connectivity index (χ1n) is 4.17. The number of pyridine rings is 2. The van der Waals surface area contributed by atoms with Gasteiger partial charge in [0.15, 0.2) is 12.4 Å². The van der Waals surface area contributed by atoms with E-state index in [2.05, 4.69) is 4.98 Å². The van der Waals surface area contributed by atoms with Crippen molar-refractivity contribution in [3.63, 3.8) is 0 Å². The molecule has 76 valence electrons. The van der Waals surface area contributed by atoms with Crippen LogP contribution in [0.1, 0.15) is 0 Å². The summed E-state index contributed by atoms with van der Waals surface area (Å²) < 4.78 is 26.1. The van der Waals surface area contributed by atoms with Gasteiger partial charge >= 0.3 is 0 Å². The predicted octanol–water partition coefficient (Wildman–Crippen LogP) is 1.66. The first kappa shape index (κ1) is 9.51. The molecule has 0 amide bonds. The van der Waals surface area contributed by atoms with Crippen molar-refractivity contribution in [3.05, 3.63) is 53.8 Å². The van der Waals surface area contributed by atoms with Gasteiger partial charge in [-0.05, 0) is 11.1 Å². The summed E-state index contributed by atoms with van der Waals surface area (Å²) in [5, 5.41) is 10.7. The Bertz CT molecular complexity index is 465. The summed E-state index contributed by atoms with van der Waals surface area (Å²) >= 11 is 0. The van der Waals surface area contributed by atoms with Crippen LogP contribution in [0.3, 0.4) is 0 Å². The highest BCUT2D eigenvalue weighted by atomic mass is 19.1. The van der Waals surface area contributed by atoms with E-state index in [1.54, 1.807) is 0 Å². The lowest BCUT2D eigenvalue weighted by atomic mass is 10.1. The largest absolute Gasteiger partial charge is 0.619 e. The minimum atomic E-state index is -0.885. The minimum absolute atomic E-state index is 0.348. The van der Waals surface area contributed by atoms with E-state index >= 15 is 0 Å². The fourth-order valence-electron chi connectivity index (χ4n) is 1.24. The summed E-state index contributed by atoms with van der Waals surface area (Å²) in [7, 11) is 0. The Balaban J connectivity index is 2.49. The van der Waals surface area contributed by atoms with Gasteiger partial charge in [-0.1, -0.05) is 0 Å². The number of nitrogens with zero attached hydrogens (tertiary/aromatic N) is 2. The molecule has 0 saturated heterocycles. The quantitative estimate of drug-likeness (QED) is 0.406. The second-order valence-corrected chi connectivity index (χ2v) is 2.95. The van der Waals surface area contributed by atoms with Gasteiger partial charge in [0.2, 0.25) is 11.9 Å². The van der Waals surface area contributed by atoms with Gasteiger partial charge in [-0.15, -0.1) is 0 Å². The molecule has 0 aliphatic carbocycles. The van der Waals surface area contributed by atoms with E-state index in [1.807, 2.05) is 0 Å². The van der Waals surface area contributed by atoms with Crippen molar-refractivity contribution in [2.24, 2.45) is 0 Å². The molecule has 2 aromatic rings. The number of hydrogen-bond donors (Lipinski definition) is 0. The molecule has 0 aliphatic heterocycles. The molecule has 15 heavy (non-hydrogen) atoms. The zero-order valence-corrected chi connectivity index (χ0v) is 7.52. The topological polar surface area (TPSA) is 39.8 Å². The molecule has 0 saturated carbocycles. The van der Waals surface area contributed by atoms with Gasteiger partial charge in [0.25, 0.3) is 0 Å². The molecule has 0 N–H and O–H groups in total. The molecule has 0 aliphatic rings. The molecule has 2 rings (SSSR count). The number of aromatic nitrogens is 2. The first-order chi connectivity index (χ1) is 7.15. The molecule has 0 unspecified atom stereocenters. The molecule has 2 heterocycles. The maximum Gasteiger partial charge on any atom is 0.216 e. The second-order valence-electron chi connectivity index (χ2n) is 2.95. The number of rotatable bonds is 1. The predicted molar refractivity (Wildman–Crippen MR) is 48.5 cm³/mol.